The van der Waals surface area contributed by atoms with E-state index >= 15 is 0 Å². The lowest BCUT2D eigenvalue weighted by atomic mass is 9.95. The Morgan fingerprint density at radius 3 is 2.40 bits per heavy atom. The molecule has 2 aromatic carbocycles. The van der Waals surface area contributed by atoms with Gasteiger partial charge in [-0.2, -0.15) is 0 Å². The van der Waals surface area contributed by atoms with E-state index in [1.165, 1.54) is 5.56 Å². The zero-order valence-corrected chi connectivity index (χ0v) is 21.3. The van der Waals surface area contributed by atoms with Crippen LogP contribution in [0.1, 0.15) is 55.5 Å². The predicted octanol–water partition coefficient (Wildman–Crippen LogP) is 4.17. The monoisotopic (exact) mass is 476 g/mol. The van der Waals surface area contributed by atoms with Crippen molar-refractivity contribution in [3.8, 4) is 0 Å². The number of likely N-dealkylation sites (tertiary alicyclic amines) is 1. The number of hydrogen-bond acceptors (Lipinski definition) is 4. The molecule has 2 saturated heterocycles. The van der Waals surface area contributed by atoms with Crippen LogP contribution in [0.3, 0.4) is 0 Å². The van der Waals surface area contributed by atoms with Gasteiger partial charge < -0.3 is 15.1 Å². The van der Waals surface area contributed by atoms with E-state index in [0.29, 0.717) is 5.56 Å². The van der Waals surface area contributed by atoms with Gasteiger partial charge in [-0.05, 0) is 63.3 Å². The molecule has 4 rings (SSSR count). The molecule has 6 heteroatoms. The van der Waals surface area contributed by atoms with Crippen molar-refractivity contribution in [3.05, 3.63) is 65.7 Å². The average Bonchev–Trinajstić information content (AvgIpc) is 2.91. The number of amides is 2. The van der Waals surface area contributed by atoms with E-state index in [0.717, 1.165) is 77.2 Å². The van der Waals surface area contributed by atoms with Crippen molar-refractivity contribution in [1.29, 1.82) is 0 Å². The molecule has 2 heterocycles. The molecule has 2 amide bonds. The van der Waals surface area contributed by atoms with Crippen LogP contribution in [0.4, 0.5) is 5.69 Å². The highest BCUT2D eigenvalue weighted by molar-refractivity contribution is 5.95. The van der Waals surface area contributed by atoms with Gasteiger partial charge in [0.15, 0.2) is 0 Å². The second-order valence-electron chi connectivity index (χ2n) is 9.86. The first kappa shape index (κ1) is 25.2. The molecule has 0 saturated carbocycles. The van der Waals surface area contributed by atoms with Gasteiger partial charge in [0, 0.05) is 63.1 Å². The Balaban J connectivity index is 1.31. The van der Waals surface area contributed by atoms with Crippen molar-refractivity contribution in [2.45, 2.75) is 52.1 Å². The van der Waals surface area contributed by atoms with Gasteiger partial charge in [-0.25, -0.2) is 0 Å². The summed E-state index contributed by atoms with van der Waals surface area (Å²) >= 11 is 0. The first-order valence-corrected chi connectivity index (χ1v) is 13.3. The summed E-state index contributed by atoms with van der Waals surface area (Å²) in [6.07, 6.45) is 3.88. The van der Waals surface area contributed by atoms with Crippen LogP contribution in [0.5, 0.6) is 0 Å². The van der Waals surface area contributed by atoms with Gasteiger partial charge in [-0.15, -0.1) is 0 Å². The zero-order valence-electron chi connectivity index (χ0n) is 21.3. The number of carbonyl (C=O) groups excluding carboxylic acids is 2. The van der Waals surface area contributed by atoms with E-state index in [-0.39, 0.29) is 23.8 Å². The maximum absolute atomic E-state index is 13.1. The van der Waals surface area contributed by atoms with E-state index in [1.54, 1.807) is 0 Å². The van der Waals surface area contributed by atoms with Crippen molar-refractivity contribution in [2.24, 2.45) is 5.92 Å². The lowest BCUT2D eigenvalue weighted by Crippen LogP contribution is -2.45. The molecule has 188 valence electrons. The number of carbonyl (C=O) groups is 2. The van der Waals surface area contributed by atoms with Crippen LogP contribution in [-0.4, -0.2) is 66.9 Å². The Morgan fingerprint density at radius 1 is 0.943 bits per heavy atom. The average molecular weight is 477 g/mol. The lowest BCUT2D eigenvalue weighted by molar-refractivity contribution is -0.135. The predicted molar refractivity (Wildman–Crippen MR) is 142 cm³/mol. The molecule has 0 aliphatic carbocycles. The zero-order chi connectivity index (χ0) is 24.6. The maximum Gasteiger partial charge on any atom is 0.251 e. The van der Waals surface area contributed by atoms with Crippen LogP contribution in [-0.2, 0) is 11.3 Å². The Labute approximate surface area is 210 Å². The fourth-order valence-electron chi connectivity index (χ4n) is 5.40. The molecule has 1 N–H and O–H groups in total. The van der Waals surface area contributed by atoms with Crippen LogP contribution < -0.4 is 10.2 Å². The fourth-order valence-corrected chi connectivity index (χ4v) is 5.40. The molecule has 2 aromatic rings. The third kappa shape index (κ3) is 6.63. The van der Waals surface area contributed by atoms with Crippen LogP contribution in [0.2, 0.25) is 0 Å². The number of anilines is 1. The fraction of sp³-hybridized carbons (Fsp3) is 0.517. The summed E-state index contributed by atoms with van der Waals surface area (Å²) in [5.41, 5.74) is 3.07. The molecule has 35 heavy (non-hydrogen) atoms. The summed E-state index contributed by atoms with van der Waals surface area (Å²) in [7, 11) is 0. The van der Waals surface area contributed by atoms with Crippen LogP contribution in [0.15, 0.2) is 54.6 Å². The lowest BCUT2D eigenvalue weighted by Gasteiger charge is -2.36. The number of nitrogens with zero attached hydrogens (tertiary/aromatic N) is 3. The Bertz CT molecular complexity index is 968. The molecule has 2 aliphatic rings. The number of hydrogen-bond donors (Lipinski definition) is 1. The summed E-state index contributed by atoms with van der Waals surface area (Å²) in [5, 5.41) is 3.26. The molecular formula is C29H40N4O2. The first-order chi connectivity index (χ1) is 17.1. The number of rotatable bonds is 8. The van der Waals surface area contributed by atoms with E-state index in [9.17, 15) is 9.59 Å². The second-order valence-corrected chi connectivity index (χ2v) is 9.86. The Hall–Kier alpha value is -2.86. The third-order valence-corrected chi connectivity index (χ3v) is 7.49. The molecule has 0 bridgehead atoms. The largest absolute Gasteiger partial charge is 0.371 e. The molecule has 0 radical (unpaired) electrons. The summed E-state index contributed by atoms with van der Waals surface area (Å²) < 4.78 is 0. The van der Waals surface area contributed by atoms with Crippen LogP contribution >= 0.6 is 0 Å². The molecule has 1 unspecified atom stereocenters. The van der Waals surface area contributed by atoms with Crippen LogP contribution in [0, 0.1) is 5.92 Å². The topological polar surface area (TPSA) is 55.9 Å². The number of piperidine rings is 2. The highest BCUT2D eigenvalue weighted by Gasteiger charge is 2.29. The third-order valence-electron chi connectivity index (χ3n) is 7.49. The summed E-state index contributed by atoms with van der Waals surface area (Å²) in [6.45, 7) is 10.2. The van der Waals surface area contributed by atoms with Crippen molar-refractivity contribution in [3.63, 3.8) is 0 Å². The summed E-state index contributed by atoms with van der Waals surface area (Å²) in [6, 6.07) is 18.7. The van der Waals surface area contributed by atoms with Gasteiger partial charge in [0.05, 0.1) is 5.92 Å². The van der Waals surface area contributed by atoms with E-state index in [1.807, 2.05) is 36.9 Å². The van der Waals surface area contributed by atoms with Crippen molar-refractivity contribution in [2.75, 3.05) is 44.2 Å². The molecule has 2 fully saturated rings. The summed E-state index contributed by atoms with van der Waals surface area (Å²) in [4.78, 5) is 32.6. The van der Waals surface area contributed by atoms with E-state index in [4.69, 9.17) is 0 Å². The number of nitrogens with one attached hydrogen (secondary N) is 1. The van der Waals surface area contributed by atoms with Crippen molar-refractivity contribution >= 4 is 17.5 Å². The molecule has 2 aliphatic heterocycles. The maximum atomic E-state index is 13.1. The minimum atomic E-state index is 0.00105. The van der Waals surface area contributed by atoms with Gasteiger partial charge in [0.2, 0.25) is 5.91 Å². The second kappa shape index (κ2) is 12.2. The highest BCUT2D eigenvalue weighted by atomic mass is 16.2. The molecule has 0 aromatic heterocycles. The first-order valence-electron chi connectivity index (χ1n) is 13.3. The highest BCUT2D eigenvalue weighted by Crippen LogP contribution is 2.25. The van der Waals surface area contributed by atoms with E-state index in [2.05, 4.69) is 51.5 Å². The molecule has 6 nitrogen and oxygen atoms in total. The van der Waals surface area contributed by atoms with Gasteiger partial charge >= 0.3 is 0 Å². The molecular weight excluding hydrogens is 436 g/mol. The standard InChI is InChI=1S/C29H40N4O2/c1-3-32(4-2)29(35)25-13-9-17-33(22-25)27-14-8-12-24(20-27)28(34)30-26-15-18-31(19-16-26)21-23-10-6-5-7-11-23/h5-8,10-12,14,20,25-26H,3-4,9,13,15-19,21-22H2,1-2H3,(H,30,34). The quantitative estimate of drug-likeness (QED) is 0.622. The normalized spacial score (nSPS) is 19.4. The van der Waals surface area contributed by atoms with E-state index < -0.39 is 0 Å². The smallest absolute Gasteiger partial charge is 0.251 e. The minimum Gasteiger partial charge on any atom is -0.371 e. The number of benzene rings is 2. The van der Waals surface area contributed by atoms with Gasteiger partial charge in [0.1, 0.15) is 0 Å². The summed E-state index contributed by atoms with van der Waals surface area (Å²) in [5.74, 6) is 0.288. The molecule has 1 atom stereocenters. The molecule has 0 spiro atoms. The minimum absolute atomic E-state index is 0.00105. The van der Waals surface area contributed by atoms with Crippen molar-refractivity contribution < 1.29 is 9.59 Å². The Morgan fingerprint density at radius 2 is 1.69 bits per heavy atom. The Kier molecular flexibility index (Phi) is 8.80. The van der Waals surface area contributed by atoms with Crippen molar-refractivity contribution in [1.82, 2.24) is 15.1 Å². The SMILES string of the molecule is CCN(CC)C(=O)C1CCCN(c2cccc(C(=O)NC3CCN(Cc4ccccc4)CC3)c2)C1. The van der Waals surface area contributed by atoms with Crippen LogP contribution in [0.25, 0.3) is 0 Å². The van der Waals surface area contributed by atoms with Gasteiger partial charge in [-0.3, -0.25) is 14.5 Å². The van der Waals surface area contributed by atoms with Gasteiger partial charge in [0.25, 0.3) is 5.91 Å². The van der Waals surface area contributed by atoms with Gasteiger partial charge in [-0.1, -0.05) is 36.4 Å².